The van der Waals surface area contributed by atoms with Crippen LogP contribution >= 0.6 is 0 Å². The van der Waals surface area contributed by atoms with Crippen LogP contribution in [0.1, 0.15) is 11.1 Å². The Morgan fingerprint density at radius 2 is 1.87 bits per heavy atom. The summed E-state index contributed by atoms with van der Waals surface area (Å²) in [6.07, 6.45) is 1.36. The van der Waals surface area contributed by atoms with Crippen LogP contribution < -0.4 is 14.8 Å². The largest absolute Gasteiger partial charge is 0.493 e. The Kier molecular flexibility index (Phi) is 6.97. The van der Waals surface area contributed by atoms with Gasteiger partial charge in [-0.2, -0.15) is 5.26 Å². The van der Waals surface area contributed by atoms with E-state index in [1.165, 1.54) is 43.5 Å². The van der Waals surface area contributed by atoms with Crippen molar-refractivity contribution < 1.29 is 23.0 Å². The minimum atomic E-state index is -0.738. The quantitative estimate of drug-likeness (QED) is 0.427. The van der Waals surface area contributed by atoms with Crippen LogP contribution in [0.4, 0.5) is 14.5 Å². The van der Waals surface area contributed by atoms with Gasteiger partial charge in [0.25, 0.3) is 5.91 Å². The van der Waals surface area contributed by atoms with Crippen LogP contribution in [0, 0.1) is 23.0 Å². The van der Waals surface area contributed by atoms with Crippen LogP contribution in [-0.2, 0) is 11.4 Å². The summed E-state index contributed by atoms with van der Waals surface area (Å²) in [6.45, 7) is 0.137. The average Bonchev–Trinajstić information content (AvgIpc) is 2.77. The van der Waals surface area contributed by atoms with Crippen LogP contribution in [-0.4, -0.2) is 13.0 Å². The lowest BCUT2D eigenvalue weighted by Gasteiger charge is -2.12. The maximum atomic E-state index is 13.7. The summed E-state index contributed by atoms with van der Waals surface area (Å²) in [7, 11) is 1.45. The maximum absolute atomic E-state index is 13.7. The second-order valence-electron chi connectivity index (χ2n) is 6.43. The van der Waals surface area contributed by atoms with Crippen molar-refractivity contribution in [2.45, 2.75) is 6.61 Å². The van der Waals surface area contributed by atoms with E-state index in [9.17, 15) is 18.8 Å². The molecule has 1 N–H and O–H groups in total. The lowest BCUT2D eigenvalue weighted by atomic mass is 10.1. The lowest BCUT2D eigenvalue weighted by molar-refractivity contribution is -0.112. The molecule has 0 aromatic heterocycles. The van der Waals surface area contributed by atoms with Crippen molar-refractivity contribution in [1.29, 1.82) is 5.26 Å². The summed E-state index contributed by atoms with van der Waals surface area (Å²) in [5, 5.41) is 11.7. The minimum Gasteiger partial charge on any atom is -0.493 e. The number of nitrogens with one attached hydrogen (secondary N) is 1. The van der Waals surface area contributed by atoms with Gasteiger partial charge in [-0.05, 0) is 53.6 Å². The SMILES string of the molecule is COc1cc(/C=C(\C#N)C(=O)Nc2ccccc2F)ccc1OCc1cccc(F)c1. The van der Waals surface area contributed by atoms with E-state index in [4.69, 9.17) is 9.47 Å². The summed E-state index contributed by atoms with van der Waals surface area (Å²) in [4.78, 5) is 12.4. The fourth-order valence-electron chi connectivity index (χ4n) is 2.75. The number of carbonyl (C=O) groups excluding carboxylic acids is 1. The molecule has 0 unspecified atom stereocenters. The molecule has 3 aromatic carbocycles. The number of hydrogen-bond acceptors (Lipinski definition) is 4. The van der Waals surface area contributed by atoms with E-state index in [0.29, 0.717) is 22.6 Å². The predicted molar refractivity (Wildman–Crippen MR) is 112 cm³/mol. The van der Waals surface area contributed by atoms with Crippen LogP contribution in [0.15, 0.2) is 72.3 Å². The molecule has 3 rings (SSSR count). The third-order valence-corrected chi connectivity index (χ3v) is 4.27. The molecular weight excluding hydrogens is 402 g/mol. The first-order chi connectivity index (χ1) is 15.0. The fraction of sp³-hybridized carbons (Fsp3) is 0.0833. The Morgan fingerprint density at radius 3 is 2.58 bits per heavy atom. The van der Waals surface area contributed by atoms with Gasteiger partial charge in [0.1, 0.15) is 29.9 Å². The number of ether oxygens (including phenoxy) is 2. The number of methoxy groups -OCH3 is 1. The number of carbonyl (C=O) groups is 1. The molecule has 0 saturated heterocycles. The molecule has 7 heteroatoms. The first kappa shape index (κ1) is 21.5. The van der Waals surface area contributed by atoms with Crippen molar-refractivity contribution in [2.75, 3.05) is 12.4 Å². The van der Waals surface area contributed by atoms with Gasteiger partial charge >= 0.3 is 0 Å². The standard InChI is InChI=1S/C24H18F2N2O3/c1-30-23-13-16(9-10-22(23)31-15-17-5-4-6-19(25)12-17)11-18(14-27)24(29)28-21-8-3-2-7-20(21)26/h2-13H,15H2,1H3,(H,28,29)/b18-11+. The topological polar surface area (TPSA) is 71.3 Å². The first-order valence-corrected chi connectivity index (χ1v) is 9.23. The third-order valence-electron chi connectivity index (χ3n) is 4.27. The van der Waals surface area contributed by atoms with E-state index in [1.54, 1.807) is 36.4 Å². The summed E-state index contributed by atoms with van der Waals surface area (Å²) in [5.41, 5.74) is 0.934. The molecule has 5 nitrogen and oxygen atoms in total. The van der Waals surface area contributed by atoms with E-state index < -0.39 is 11.7 Å². The Bertz CT molecular complexity index is 1170. The number of nitriles is 1. The van der Waals surface area contributed by atoms with Crippen molar-refractivity contribution in [3.05, 3.63) is 95.1 Å². The molecule has 1 amide bonds. The molecule has 0 aliphatic heterocycles. The lowest BCUT2D eigenvalue weighted by Crippen LogP contribution is -2.14. The number of hydrogen-bond donors (Lipinski definition) is 1. The number of amides is 1. The molecule has 0 spiro atoms. The molecule has 0 aliphatic rings. The number of benzene rings is 3. The third kappa shape index (κ3) is 5.67. The molecule has 156 valence electrons. The summed E-state index contributed by atoms with van der Waals surface area (Å²) in [5.74, 6) is -0.908. The monoisotopic (exact) mass is 420 g/mol. The van der Waals surface area contributed by atoms with Crippen molar-refractivity contribution in [3.63, 3.8) is 0 Å². The highest BCUT2D eigenvalue weighted by atomic mass is 19.1. The van der Waals surface area contributed by atoms with E-state index in [1.807, 2.05) is 6.07 Å². The Morgan fingerprint density at radius 1 is 1.06 bits per heavy atom. The molecule has 0 heterocycles. The van der Waals surface area contributed by atoms with Crippen LogP contribution in [0.2, 0.25) is 0 Å². The summed E-state index contributed by atoms with van der Waals surface area (Å²) in [6, 6.07) is 18.4. The smallest absolute Gasteiger partial charge is 0.266 e. The zero-order valence-corrected chi connectivity index (χ0v) is 16.6. The highest BCUT2D eigenvalue weighted by molar-refractivity contribution is 6.09. The second kappa shape index (κ2) is 10.0. The molecule has 31 heavy (non-hydrogen) atoms. The highest BCUT2D eigenvalue weighted by Crippen LogP contribution is 2.30. The van der Waals surface area contributed by atoms with Crippen LogP contribution in [0.3, 0.4) is 0 Å². The van der Waals surface area contributed by atoms with Gasteiger partial charge < -0.3 is 14.8 Å². The molecule has 0 radical (unpaired) electrons. The molecule has 0 fully saturated rings. The van der Waals surface area contributed by atoms with Gasteiger partial charge in [-0.3, -0.25) is 4.79 Å². The van der Waals surface area contributed by atoms with Gasteiger partial charge in [0.15, 0.2) is 11.5 Å². The zero-order chi connectivity index (χ0) is 22.2. The minimum absolute atomic E-state index is 0.0210. The number of nitrogens with zero attached hydrogens (tertiary/aromatic N) is 1. The van der Waals surface area contributed by atoms with E-state index in [0.717, 1.165) is 0 Å². The Balaban J connectivity index is 1.76. The number of rotatable bonds is 7. The number of para-hydroxylation sites is 1. The summed E-state index contributed by atoms with van der Waals surface area (Å²) >= 11 is 0. The van der Waals surface area contributed by atoms with E-state index in [2.05, 4.69) is 5.32 Å². The van der Waals surface area contributed by atoms with E-state index >= 15 is 0 Å². The zero-order valence-electron chi connectivity index (χ0n) is 16.6. The molecule has 0 bridgehead atoms. The first-order valence-electron chi connectivity index (χ1n) is 9.23. The van der Waals surface area contributed by atoms with Gasteiger partial charge in [0.05, 0.1) is 12.8 Å². The van der Waals surface area contributed by atoms with Crippen molar-refractivity contribution >= 4 is 17.7 Å². The fourth-order valence-corrected chi connectivity index (χ4v) is 2.75. The van der Waals surface area contributed by atoms with Crippen LogP contribution in [0.5, 0.6) is 11.5 Å². The van der Waals surface area contributed by atoms with Gasteiger partial charge in [0.2, 0.25) is 0 Å². The predicted octanol–water partition coefficient (Wildman–Crippen LogP) is 5.10. The van der Waals surface area contributed by atoms with Crippen molar-refractivity contribution in [3.8, 4) is 17.6 Å². The number of halogens is 2. The Hall–Kier alpha value is -4.18. The van der Waals surface area contributed by atoms with Crippen molar-refractivity contribution in [2.24, 2.45) is 0 Å². The average molecular weight is 420 g/mol. The van der Waals surface area contributed by atoms with Gasteiger partial charge in [-0.15, -0.1) is 0 Å². The normalized spacial score (nSPS) is 10.8. The molecule has 3 aromatic rings. The highest BCUT2D eigenvalue weighted by Gasteiger charge is 2.13. The molecule has 0 aliphatic carbocycles. The Labute approximate surface area is 178 Å². The van der Waals surface area contributed by atoms with Crippen molar-refractivity contribution in [1.82, 2.24) is 0 Å². The van der Waals surface area contributed by atoms with Crippen LogP contribution in [0.25, 0.3) is 6.08 Å². The van der Waals surface area contributed by atoms with Gasteiger partial charge in [-0.1, -0.05) is 30.3 Å². The molecule has 0 atom stereocenters. The van der Waals surface area contributed by atoms with Gasteiger partial charge in [0, 0.05) is 0 Å². The summed E-state index contributed by atoms with van der Waals surface area (Å²) < 4.78 is 38.1. The number of anilines is 1. The maximum Gasteiger partial charge on any atom is 0.266 e. The van der Waals surface area contributed by atoms with E-state index in [-0.39, 0.29) is 23.7 Å². The molecular formula is C24H18F2N2O3. The second-order valence-corrected chi connectivity index (χ2v) is 6.43. The van der Waals surface area contributed by atoms with Gasteiger partial charge in [-0.25, -0.2) is 8.78 Å². The molecule has 0 saturated carbocycles.